The maximum Gasteiger partial charge on any atom is 0.321 e. The summed E-state index contributed by atoms with van der Waals surface area (Å²) in [6.07, 6.45) is 7.99. The second kappa shape index (κ2) is 8.26. The van der Waals surface area contributed by atoms with Gasteiger partial charge in [0, 0.05) is 28.9 Å². The number of benzene rings is 1. The normalized spacial score (nSPS) is 22.4. The number of aryl methyl sites for hydroxylation is 1. The first kappa shape index (κ1) is 17.6. The van der Waals surface area contributed by atoms with Crippen LogP contribution in [0.5, 0.6) is 0 Å². The van der Waals surface area contributed by atoms with Crippen LogP contribution >= 0.6 is 11.8 Å². The summed E-state index contributed by atoms with van der Waals surface area (Å²) in [4.78, 5) is 15.4. The number of carbonyl (C=O) groups excluding carboxylic acids is 1. The molecule has 1 saturated carbocycles. The predicted molar refractivity (Wildman–Crippen MR) is 99.7 cm³/mol. The Morgan fingerprint density at radius 2 is 2.00 bits per heavy atom. The van der Waals surface area contributed by atoms with Gasteiger partial charge in [-0.15, -0.1) is 11.8 Å². The van der Waals surface area contributed by atoms with E-state index in [9.17, 15) is 9.90 Å². The lowest BCUT2D eigenvalue weighted by Gasteiger charge is -2.30. The summed E-state index contributed by atoms with van der Waals surface area (Å²) in [7, 11) is 0. The van der Waals surface area contributed by atoms with Gasteiger partial charge in [0.05, 0.1) is 6.10 Å². The fraction of sp³-hybridized carbons (Fsp3) is 0.632. The molecule has 2 aliphatic rings. The van der Waals surface area contributed by atoms with Crippen molar-refractivity contribution in [3.05, 3.63) is 23.8 Å². The predicted octanol–water partition coefficient (Wildman–Crippen LogP) is 4.41. The van der Waals surface area contributed by atoms with Crippen molar-refractivity contribution >= 4 is 23.5 Å². The van der Waals surface area contributed by atoms with Gasteiger partial charge in [-0.1, -0.05) is 19.3 Å². The molecule has 2 fully saturated rings. The summed E-state index contributed by atoms with van der Waals surface area (Å²) in [6.45, 7) is 3.20. The average Bonchev–Trinajstić information content (AvgIpc) is 2.58. The number of likely N-dealkylation sites (tertiary alicyclic amines) is 1. The van der Waals surface area contributed by atoms with Crippen LogP contribution in [0.2, 0.25) is 0 Å². The molecular formula is C19H28N2O2S. The highest BCUT2D eigenvalue weighted by molar-refractivity contribution is 8.00. The molecule has 1 heterocycles. The number of nitrogens with one attached hydrogen (secondary N) is 1. The van der Waals surface area contributed by atoms with E-state index < -0.39 is 0 Å². The number of β-amino-alcohol motifs (C(OH)–C–C–N with tert-alkyl or cyclic N) is 1. The van der Waals surface area contributed by atoms with Gasteiger partial charge < -0.3 is 15.3 Å². The SMILES string of the molecule is Cc1cc(SC2CCCCC2)ccc1NC(=O)N1CCCC(O)C1. The van der Waals surface area contributed by atoms with E-state index in [1.54, 1.807) is 4.90 Å². The van der Waals surface area contributed by atoms with Crippen molar-refractivity contribution in [1.82, 2.24) is 4.90 Å². The molecule has 132 valence electrons. The number of hydrogen-bond acceptors (Lipinski definition) is 3. The number of rotatable bonds is 3. The van der Waals surface area contributed by atoms with E-state index in [1.165, 1.54) is 37.0 Å². The maximum absolute atomic E-state index is 12.4. The monoisotopic (exact) mass is 348 g/mol. The molecule has 2 N–H and O–H groups in total. The second-order valence-electron chi connectivity index (χ2n) is 7.03. The van der Waals surface area contributed by atoms with E-state index in [-0.39, 0.29) is 12.1 Å². The quantitative estimate of drug-likeness (QED) is 0.851. The van der Waals surface area contributed by atoms with Gasteiger partial charge >= 0.3 is 6.03 Å². The Morgan fingerprint density at radius 3 is 2.71 bits per heavy atom. The van der Waals surface area contributed by atoms with Gasteiger partial charge in [0.2, 0.25) is 0 Å². The van der Waals surface area contributed by atoms with Crippen LogP contribution in [0, 0.1) is 6.92 Å². The van der Waals surface area contributed by atoms with Gasteiger partial charge in [-0.05, 0) is 56.4 Å². The Hall–Kier alpha value is -1.20. The van der Waals surface area contributed by atoms with Crippen molar-refractivity contribution in [3.63, 3.8) is 0 Å². The Kier molecular flexibility index (Phi) is 6.06. The summed E-state index contributed by atoms with van der Waals surface area (Å²) in [5.41, 5.74) is 1.97. The van der Waals surface area contributed by atoms with Gasteiger partial charge in [-0.3, -0.25) is 0 Å². The van der Waals surface area contributed by atoms with Crippen LogP contribution < -0.4 is 5.32 Å². The number of aliphatic hydroxyl groups excluding tert-OH is 1. The van der Waals surface area contributed by atoms with E-state index in [1.807, 2.05) is 24.8 Å². The Bertz CT molecular complexity index is 572. The third-order valence-corrected chi connectivity index (χ3v) is 6.31. The van der Waals surface area contributed by atoms with E-state index in [0.29, 0.717) is 6.54 Å². The smallest absolute Gasteiger partial charge is 0.321 e. The van der Waals surface area contributed by atoms with E-state index in [2.05, 4.69) is 17.4 Å². The van der Waals surface area contributed by atoms with Gasteiger partial charge in [0.1, 0.15) is 0 Å². The summed E-state index contributed by atoms with van der Waals surface area (Å²) in [6, 6.07) is 6.20. The lowest BCUT2D eigenvalue weighted by atomic mass is 10.0. The third kappa shape index (κ3) is 4.67. The first-order chi connectivity index (χ1) is 11.6. The van der Waals surface area contributed by atoms with Crippen LogP contribution in [0.3, 0.4) is 0 Å². The molecule has 1 saturated heterocycles. The van der Waals surface area contributed by atoms with Crippen molar-refractivity contribution < 1.29 is 9.90 Å². The Morgan fingerprint density at radius 1 is 1.21 bits per heavy atom. The number of urea groups is 1. The molecule has 0 aromatic heterocycles. The number of hydrogen-bond donors (Lipinski definition) is 2. The van der Waals surface area contributed by atoms with Crippen molar-refractivity contribution in [2.24, 2.45) is 0 Å². The van der Waals surface area contributed by atoms with E-state index in [4.69, 9.17) is 0 Å². The topological polar surface area (TPSA) is 52.6 Å². The number of piperidine rings is 1. The van der Waals surface area contributed by atoms with Gasteiger partial charge in [-0.25, -0.2) is 4.79 Å². The van der Waals surface area contributed by atoms with Crippen LogP contribution in [0.15, 0.2) is 23.1 Å². The minimum Gasteiger partial charge on any atom is -0.391 e. The number of carbonyl (C=O) groups is 1. The lowest BCUT2D eigenvalue weighted by molar-refractivity contribution is 0.0883. The van der Waals surface area contributed by atoms with Crippen molar-refractivity contribution in [2.45, 2.75) is 68.1 Å². The highest BCUT2D eigenvalue weighted by atomic mass is 32.2. The molecular weight excluding hydrogens is 320 g/mol. The second-order valence-corrected chi connectivity index (χ2v) is 8.40. The summed E-state index contributed by atoms with van der Waals surface area (Å²) >= 11 is 1.98. The Balaban J connectivity index is 1.58. The Labute approximate surface area is 149 Å². The highest BCUT2D eigenvalue weighted by Crippen LogP contribution is 2.35. The van der Waals surface area contributed by atoms with E-state index >= 15 is 0 Å². The van der Waals surface area contributed by atoms with Crippen LogP contribution in [0.25, 0.3) is 0 Å². The maximum atomic E-state index is 12.4. The van der Waals surface area contributed by atoms with Crippen LogP contribution in [0.1, 0.15) is 50.5 Å². The minimum absolute atomic E-state index is 0.107. The molecule has 1 aromatic rings. The summed E-state index contributed by atoms with van der Waals surface area (Å²) in [5, 5.41) is 13.5. The largest absolute Gasteiger partial charge is 0.391 e. The molecule has 0 spiro atoms. The summed E-state index contributed by atoms with van der Waals surface area (Å²) in [5.74, 6) is 0. The molecule has 1 unspecified atom stereocenters. The van der Waals surface area contributed by atoms with Crippen molar-refractivity contribution in [3.8, 4) is 0 Å². The molecule has 1 aromatic carbocycles. The number of anilines is 1. The molecule has 0 bridgehead atoms. The van der Waals surface area contributed by atoms with Gasteiger partial charge in [0.15, 0.2) is 0 Å². The zero-order valence-corrected chi connectivity index (χ0v) is 15.3. The number of aliphatic hydroxyl groups is 1. The standard InChI is InChI=1S/C19H28N2O2S/c1-14-12-17(24-16-7-3-2-4-8-16)9-10-18(14)20-19(23)21-11-5-6-15(22)13-21/h9-10,12,15-16,22H,2-8,11,13H2,1H3,(H,20,23). The molecule has 1 atom stereocenters. The first-order valence-electron chi connectivity index (χ1n) is 9.13. The fourth-order valence-electron chi connectivity index (χ4n) is 3.56. The van der Waals surface area contributed by atoms with Crippen LogP contribution in [-0.2, 0) is 0 Å². The average molecular weight is 349 g/mol. The van der Waals surface area contributed by atoms with Crippen LogP contribution in [0.4, 0.5) is 10.5 Å². The number of nitrogens with zero attached hydrogens (tertiary/aromatic N) is 1. The molecule has 4 nitrogen and oxygen atoms in total. The van der Waals surface area contributed by atoms with Crippen molar-refractivity contribution in [2.75, 3.05) is 18.4 Å². The minimum atomic E-state index is -0.389. The zero-order valence-electron chi connectivity index (χ0n) is 14.5. The molecule has 24 heavy (non-hydrogen) atoms. The molecule has 1 aliphatic carbocycles. The molecule has 0 radical (unpaired) electrons. The van der Waals surface area contributed by atoms with E-state index in [0.717, 1.165) is 35.9 Å². The molecule has 1 aliphatic heterocycles. The van der Waals surface area contributed by atoms with Gasteiger partial charge in [-0.2, -0.15) is 0 Å². The number of thioether (sulfide) groups is 1. The van der Waals surface area contributed by atoms with Crippen molar-refractivity contribution in [1.29, 1.82) is 0 Å². The third-order valence-electron chi connectivity index (χ3n) is 4.98. The van der Waals surface area contributed by atoms with Gasteiger partial charge in [0.25, 0.3) is 0 Å². The number of amides is 2. The van der Waals surface area contributed by atoms with Crippen LogP contribution in [-0.4, -0.2) is 40.5 Å². The fourth-order valence-corrected chi connectivity index (χ4v) is 4.90. The molecule has 3 rings (SSSR count). The highest BCUT2D eigenvalue weighted by Gasteiger charge is 2.22. The first-order valence-corrected chi connectivity index (χ1v) is 10.0. The summed E-state index contributed by atoms with van der Waals surface area (Å²) < 4.78 is 0. The zero-order chi connectivity index (χ0) is 16.9. The molecule has 5 heteroatoms. The molecule has 2 amide bonds. The lowest BCUT2D eigenvalue weighted by Crippen LogP contribution is -2.44.